The second-order valence-corrected chi connectivity index (χ2v) is 9.98. The van der Waals surface area contributed by atoms with Gasteiger partial charge in [-0.2, -0.15) is 16.5 Å². The van der Waals surface area contributed by atoms with Gasteiger partial charge in [-0.15, -0.1) is 0 Å². The maximum atomic E-state index is 12.6. The summed E-state index contributed by atoms with van der Waals surface area (Å²) in [5.74, 6) is -1.13. The number of sulfonamides is 1. The zero-order valence-electron chi connectivity index (χ0n) is 18.3. The van der Waals surface area contributed by atoms with Crippen LogP contribution in [0.25, 0.3) is 0 Å². The Hall–Kier alpha value is -2.11. The van der Waals surface area contributed by atoms with Crippen molar-refractivity contribution in [2.75, 3.05) is 38.3 Å². The van der Waals surface area contributed by atoms with Gasteiger partial charge in [0.05, 0.1) is 17.4 Å². The number of nitrogens with one attached hydrogen (secondary N) is 1. The average Bonchev–Trinajstić information content (AvgIpc) is 2.80. The number of likely N-dealkylation sites (tertiary alicyclic amines) is 1. The van der Waals surface area contributed by atoms with Gasteiger partial charge in [-0.05, 0) is 50.3 Å². The molecule has 1 atom stereocenters. The predicted molar refractivity (Wildman–Crippen MR) is 120 cm³/mol. The van der Waals surface area contributed by atoms with E-state index >= 15 is 0 Å². The summed E-state index contributed by atoms with van der Waals surface area (Å²) in [6.45, 7) is 2.33. The molecule has 2 rings (SSSR count). The maximum absolute atomic E-state index is 12.6. The standard InChI is InChI=1S/C21H30N2O7S2/c1-3-29-20(25)16-9-12-23(13-10-16)19(24)15-30-21(26)18(11-14-31-2)22-32(27,28)17-7-5-4-6-8-17/h4-8,16,18,22H,3,9-15H2,1-2H3. The molecular formula is C21H30N2O7S2. The number of carbonyl (C=O) groups is 3. The molecule has 0 aromatic heterocycles. The molecule has 1 aromatic rings. The van der Waals surface area contributed by atoms with Gasteiger partial charge < -0.3 is 14.4 Å². The first-order chi connectivity index (χ1) is 15.3. The molecule has 11 heteroatoms. The van der Waals surface area contributed by atoms with E-state index in [4.69, 9.17) is 9.47 Å². The molecule has 1 amide bonds. The number of hydrogen-bond donors (Lipinski definition) is 1. The second-order valence-electron chi connectivity index (χ2n) is 7.28. The molecule has 9 nitrogen and oxygen atoms in total. The minimum atomic E-state index is -3.91. The number of hydrogen-bond acceptors (Lipinski definition) is 8. The van der Waals surface area contributed by atoms with Crippen LogP contribution in [0.5, 0.6) is 0 Å². The fraction of sp³-hybridized carbons (Fsp3) is 0.571. The first kappa shape index (κ1) is 26.1. The van der Waals surface area contributed by atoms with Crippen LogP contribution in [0.15, 0.2) is 35.2 Å². The van der Waals surface area contributed by atoms with E-state index in [1.54, 1.807) is 25.1 Å². The molecule has 0 saturated carbocycles. The molecule has 1 saturated heterocycles. The van der Waals surface area contributed by atoms with Gasteiger partial charge in [0, 0.05) is 13.1 Å². The van der Waals surface area contributed by atoms with Crippen LogP contribution >= 0.6 is 11.8 Å². The van der Waals surface area contributed by atoms with E-state index in [0.29, 0.717) is 38.3 Å². The fourth-order valence-corrected chi connectivity index (χ4v) is 4.98. The van der Waals surface area contributed by atoms with E-state index in [2.05, 4.69) is 4.72 Å². The Morgan fingerprint density at radius 3 is 2.41 bits per heavy atom. The number of thioether (sulfide) groups is 1. The van der Waals surface area contributed by atoms with Gasteiger partial charge in [0.25, 0.3) is 5.91 Å². The summed E-state index contributed by atoms with van der Waals surface area (Å²) in [4.78, 5) is 38.4. The lowest BCUT2D eigenvalue weighted by Gasteiger charge is -2.30. The lowest BCUT2D eigenvalue weighted by atomic mass is 9.97. The second kappa shape index (κ2) is 12.8. The molecule has 0 spiro atoms. The Kier molecular flexibility index (Phi) is 10.5. The smallest absolute Gasteiger partial charge is 0.324 e. The minimum Gasteiger partial charge on any atom is -0.466 e. The summed E-state index contributed by atoms with van der Waals surface area (Å²) < 4.78 is 37.7. The normalized spacial score (nSPS) is 15.8. The van der Waals surface area contributed by atoms with E-state index in [1.807, 2.05) is 6.26 Å². The van der Waals surface area contributed by atoms with Crippen molar-refractivity contribution in [3.63, 3.8) is 0 Å². The van der Waals surface area contributed by atoms with Crippen molar-refractivity contribution in [3.8, 4) is 0 Å². The van der Waals surface area contributed by atoms with Crippen LogP contribution in [0.3, 0.4) is 0 Å². The third-order valence-corrected chi connectivity index (χ3v) is 7.18. The highest BCUT2D eigenvalue weighted by Crippen LogP contribution is 2.19. The molecule has 1 heterocycles. The molecule has 178 valence electrons. The molecule has 0 radical (unpaired) electrons. The number of esters is 2. The first-order valence-corrected chi connectivity index (χ1v) is 13.3. The number of nitrogens with zero attached hydrogens (tertiary/aromatic N) is 1. The number of carbonyl (C=O) groups excluding carboxylic acids is 3. The zero-order valence-corrected chi connectivity index (χ0v) is 20.0. The minimum absolute atomic E-state index is 0.0440. The average molecular weight is 487 g/mol. The monoisotopic (exact) mass is 486 g/mol. The van der Waals surface area contributed by atoms with Crippen molar-refractivity contribution >= 4 is 39.6 Å². The lowest BCUT2D eigenvalue weighted by molar-refractivity contribution is -0.155. The summed E-state index contributed by atoms with van der Waals surface area (Å²) in [5, 5.41) is 0. The Morgan fingerprint density at radius 1 is 1.16 bits per heavy atom. The Balaban J connectivity index is 1.90. The zero-order chi connectivity index (χ0) is 23.6. The van der Waals surface area contributed by atoms with Gasteiger partial charge >= 0.3 is 11.9 Å². The largest absolute Gasteiger partial charge is 0.466 e. The van der Waals surface area contributed by atoms with Crippen molar-refractivity contribution < 1.29 is 32.3 Å². The molecule has 1 aliphatic heterocycles. The summed E-state index contributed by atoms with van der Waals surface area (Å²) >= 11 is 1.47. The molecule has 1 N–H and O–H groups in total. The van der Waals surface area contributed by atoms with Crippen LogP contribution in [-0.4, -0.2) is 75.5 Å². The number of piperidine rings is 1. The Labute approximate surface area is 193 Å². The van der Waals surface area contributed by atoms with Crippen LogP contribution in [0, 0.1) is 5.92 Å². The van der Waals surface area contributed by atoms with Crippen molar-refractivity contribution in [1.82, 2.24) is 9.62 Å². The van der Waals surface area contributed by atoms with E-state index in [-0.39, 0.29) is 29.1 Å². The van der Waals surface area contributed by atoms with Gasteiger partial charge in [-0.1, -0.05) is 18.2 Å². The van der Waals surface area contributed by atoms with Gasteiger partial charge in [-0.3, -0.25) is 14.4 Å². The molecule has 1 aliphatic rings. The van der Waals surface area contributed by atoms with Crippen LogP contribution in [-0.2, 0) is 33.9 Å². The van der Waals surface area contributed by atoms with E-state index < -0.39 is 28.6 Å². The highest BCUT2D eigenvalue weighted by molar-refractivity contribution is 7.98. The van der Waals surface area contributed by atoms with Crippen LogP contribution in [0.2, 0.25) is 0 Å². The summed E-state index contributed by atoms with van der Waals surface area (Å²) in [7, 11) is -3.91. The van der Waals surface area contributed by atoms with Crippen LogP contribution in [0.1, 0.15) is 26.2 Å². The van der Waals surface area contributed by atoms with Crippen molar-refractivity contribution in [2.24, 2.45) is 5.92 Å². The topological polar surface area (TPSA) is 119 Å². The number of rotatable bonds is 11. The number of benzene rings is 1. The first-order valence-electron chi connectivity index (χ1n) is 10.5. The summed E-state index contributed by atoms with van der Waals surface area (Å²) in [6, 6.07) is 6.64. The van der Waals surface area contributed by atoms with Crippen LogP contribution in [0.4, 0.5) is 0 Å². The number of ether oxygens (including phenoxy) is 2. The van der Waals surface area contributed by atoms with Crippen molar-refractivity contribution in [1.29, 1.82) is 0 Å². The van der Waals surface area contributed by atoms with Crippen molar-refractivity contribution in [2.45, 2.75) is 37.1 Å². The molecule has 32 heavy (non-hydrogen) atoms. The highest BCUT2D eigenvalue weighted by atomic mass is 32.2. The molecule has 1 aromatic carbocycles. The Morgan fingerprint density at radius 2 is 1.81 bits per heavy atom. The quantitative estimate of drug-likeness (QED) is 0.467. The van der Waals surface area contributed by atoms with Crippen LogP contribution < -0.4 is 4.72 Å². The van der Waals surface area contributed by atoms with Crippen molar-refractivity contribution in [3.05, 3.63) is 30.3 Å². The molecule has 0 bridgehead atoms. The molecular weight excluding hydrogens is 456 g/mol. The molecule has 0 aliphatic carbocycles. The Bertz CT molecular complexity index is 869. The summed E-state index contributed by atoms with van der Waals surface area (Å²) in [5.41, 5.74) is 0. The third kappa shape index (κ3) is 7.79. The van der Waals surface area contributed by atoms with E-state index in [9.17, 15) is 22.8 Å². The predicted octanol–water partition coefficient (Wildman–Crippen LogP) is 1.43. The van der Waals surface area contributed by atoms with E-state index in [1.165, 1.54) is 28.8 Å². The number of amides is 1. The lowest BCUT2D eigenvalue weighted by Crippen LogP contribution is -2.45. The fourth-order valence-electron chi connectivity index (χ4n) is 3.27. The molecule has 1 unspecified atom stereocenters. The SMILES string of the molecule is CCOC(=O)C1CCN(C(=O)COC(=O)C(CCSC)NS(=O)(=O)c2ccccc2)CC1. The molecule has 1 fully saturated rings. The third-order valence-electron chi connectivity index (χ3n) is 5.05. The highest BCUT2D eigenvalue weighted by Gasteiger charge is 2.30. The maximum Gasteiger partial charge on any atom is 0.324 e. The van der Waals surface area contributed by atoms with E-state index in [0.717, 1.165) is 0 Å². The van der Waals surface area contributed by atoms with Gasteiger partial charge in [0.2, 0.25) is 10.0 Å². The summed E-state index contributed by atoms with van der Waals surface area (Å²) in [6.07, 6.45) is 3.06. The van der Waals surface area contributed by atoms with Gasteiger partial charge in [-0.25, -0.2) is 8.42 Å². The van der Waals surface area contributed by atoms with Gasteiger partial charge in [0.1, 0.15) is 6.04 Å². The van der Waals surface area contributed by atoms with Gasteiger partial charge in [0.15, 0.2) is 6.61 Å².